The molecule has 0 spiro atoms. The van der Waals surface area contributed by atoms with E-state index in [1.165, 1.54) is 0 Å². The first-order valence-electron chi connectivity index (χ1n) is 6.34. The zero-order chi connectivity index (χ0) is 12.8. The summed E-state index contributed by atoms with van der Waals surface area (Å²) in [5.74, 6) is -0.610. The van der Waals surface area contributed by atoms with Crippen LogP contribution in [-0.2, 0) is 4.79 Å². The number of hydrogen-bond acceptors (Lipinski definition) is 1. The van der Waals surface area contributed by atoms with E-state index < -0.39 is 5.97 Å². The Bertz CT molecular complexity index is 371. The van der Waals surface area contributed by atoms with Crippen molar-refractivity contribution in [1.29, 1.82) is 0 Å². The predicted molar refractivity (Wildman–Crippen MR) is 70.2 cm³/mol. The molecule has 0 amide bonds. The number of hydrogen-bond donors (Lipinski definition) is 1. The molecule has 0 saturated carbocycles. The Hall–Kier alpha value is -1.31. The zero-order valence-corrected chi connectivity index (χ0v) is 10.9. The molecule has 1 aromatic rings. The molecule has 1 N–H and O–H groups in total. The number of aryl methyl sites for hydroxylation is 1. The third kappa shape index (κ3) is 3.88. The standard InChI is InChI=1S/C15H22O2/c1-4-7-11(2)10-14(15(16)17)13-9-6-5-8-12(13)3/h5-6,8-9,11,14H,4,7,10H2,1-3H3,(H,16,17). The van der Waals surface area contributed by atoms with Crippen molar-refractivity contribution >= 4 is 5.97 Å². The van der Waals surface area contributed by atoms with Gasteiger partial charge in [-0.3, -0.25) is 4.79 Å². The topological polar surface area (TPSA) is 37.3 Å². The summed E-state index contributed by atoms with van der Waals surface area (Å²) in [7, 11) is 0. The smallest absolute Gasteiger partial charge is 0.310 e. The van der Waals surface area contributed by atoms with Gasteiger partial charge in [0.2, 0.25) is 0 Å². The molecule has 0 aliphatic heterocycles. The second-order valence-electron chi connectivity index (χ2n) is 4.88. The molecule has 0 bridgehead atoms. The zero-order valence-electron chi connectivity index (χ0n) is 10.9. The van der Waals surface area contributed by atoms with Crippen LogP contribution in [0.5, 0.6) is 0 Å². The fraction of sp³-hybridized carbons (Fsp3) is 0.533. The summed E-state index contributed by atoms with van der Waals surface area (Å²) in [5.41, 5.74) is 2.03. The highest BCUT2D eigenvalue weighted by molar-refractivity contribution is 5.76. The molecule has 1 aromatic carbocycles. The molecule has 2 atom stereocenters. The normalized spacial score (nSPS) is 14.3. The van der Waals surface area contributed by atoms with E-state index in [9.17, 15) is 9.90 Å². The average molecular weight is 234 g/mol. The average Bonchev–Trinajstić information content (AvgIpc) is 2.27. The summed E-state index contributed by atoms with van der Waals surface area (Å²) in [4.78, 5) is 11.4. The number of carboxylic acids is 1. The summed E-state index contributed by atoms with van der Waals surface area (Å²) < 4.78 is 0. The molecule has 0 heterocycles. The summed E-state index contributed by atoms with van der Waals surface area (Å²) in [6, 6.07) is 7.79. The van der Waals surface area contributed by atoms with Gasteiger partial charge in [-0.15, -0.1) is 0 Å². The van der Waals surface area contributed by atoms with Crippen molar-refractivity contribution in [2.75, 3.05) is 0 Å². The molecule has 2 nitrogen and oxygen atoms in total. The van der Waals surface area contributed by atoms with Crippen LogP contribution in [0.3, 0.4) is 0 Å². The highest BCUT2D eigenvalue weighted by Gasteiger charge is 2.23. The molecule has 0 aliphatic carbocycles. The fourth-order valence-corrected chi connectivity index (χ4v) is 2.35. The Kier molecular flexibility index (Phi) is 5.20. The molecule has 0 aromatic heterocycles. The first-order chi connectivity index (χ1) is 8.06. The quantitative estimate of drug-likeness (QED) is 0.808. The van der Waals surface area contributed by atoms with Crippen LogP contribution < -0.4 is 0 Å². The Labute approximate surface area is 104 Å². The number of carboxylic acid groups (broad SMARTS) is 1. The minimum absolute atomic E-state index is 0.363. The van der Waals surface area contributed by atoms with Crippen LogP contribution >= 0.6 is 0 Å². The largest absolute Gasteiger partial charge is 0.481 e. The minimum Gasteiger partial charge on any atom is -0.481 e. The van der Waals surface area contributed by atoms with Crippen LogP contribution in [0, 0.1) is 12.8 Å². The van der Waals surface area contributed by atoms with Crippen LogP contribution in [0.2, 0.25) is 0 Å². The summed E-state index contributed by atoms with van der Waals surface area (Å²) in [5, 5.41) is 9.37. The van der Waals surface area contributed by atoms with E-state index in [1.54, 1.807) is 0 Å². The Balaban J connectivity index is 2.87. The highest BCUT2D eigenvalue weighted by Crippen LogP contribution is 2.28. The van der Waals surface area contributed by atoms with E-state index in [1.807, 2.05) is 31.2 Å². The highest BCUT2D eigenvalue weighted by atomic mass is 16.4. The maximum atomic E-state index is 11.4. The van der Waals surface area contributed by atoms with E-state index >= 15 is 0 Å². The SMILES string of the molecule is CCCC(C)CC(C(=O)O)c1ccccc1C. The number of rotatable bonds is 6. The lowest BCUT2D eigenvalue weighted by Gasteiger charge is -2.19. The van der Waals surface area contributed by atoms with Gasteiger partial charge in [-0.1, -0.05) is 51.0 Å². The van der Waals surface area contributed by atoms with Crippen LogP contribution in [0.4, 0.5) is 0 Å². The van der Waals surface area contributed by atoms with Gasteiger partial charge in [0, 0.05) is 0 Å². The van der Waals surface area contributed by atoms with Gasteiger partial charge in [0.25, 0.3) is 0 Å². The minimum atomic E-state index is -0.706. The number of benzene rings is 1. The molecule has 1 rings (SSSR count). The van der Waals surface area contributed by atoms with Gasteiger partial charge in [-0.25, -0.2) is 0 Å². The second kappa shape index (κ2) is 6.43. The van der Waals surface area contributed by atoms with Crippen molar-refractivity contribution in [3.8, 4) is 0 Å². The maximum absolute atomic E-state index is 11.4. The van der Waals surface area contributed by atoms with Crippen LogP contribution in [0.1, 0.15) is 50.2 Å². The van der Waals surface area contributed by atoms with Gasteiger partial charge in [-0.2, -0.15) is 0 Å². The van der Waals surface area contributed by atoms with Crippen molar-refractivity contribution in [3.05, 3.63) is 35.4 Å². The van der Waals surface area contributed by atoms with Gasteiger partial charge in [-0.05, 0) is 30.4 Å². The number of carbonyl (C=O) groups is 1. The van der Waals surface area contributed by atoms with E-state index in [0.29, 0.717) is 5.92 Å². The summed E-state index contributed by atoms with van der Waals surface area (Å²) in [6.07, 6.45) is 2.94. The van der Waals surface area contributed by atoms with Gasteiger partial charge in [0.1, 0.15) is 0 Å². The third-order valence-electron chi connectivity index (χ3n) is 3.28. The van der Waals surface area contributed by atoms with E-state index in [4.69, 9.17) is 0 Å². The first-order valence-corrected chi connectivity index (χ1v) is 6.34. The predicted octanol–water partition coefficient (Wildman–Crippen LogP) is 3.99. The lowest BCUT2D eigenvalue weighted by atomic mass is 9.86. The second-order valence-corrected chi connectivity index (χ2v) is 4.88. The van der Waals surface area contributed by atoms with Crippen molar-refractivity contribution in [3.63, 3.8) is 0 Å². The molecule has 0 saturated heterocycles. The molecule has 0 aliphatic rings. The lowest BCUT2D eigenvalue weighted by molar-refractivity contribution is -0.139. The lowest BCUT2D eigenvalue weighted by Crippen LogP contribution is -2.16. The van der Waals surface area contributed by atoms with Crippen LogP contribution in [0.25, 0.3) is 0 Å². The Morgan fingerprint density at radius 1 is 1.35 bits per heavy atom. The molecular formula is C15H22O2. The van der Waals surface area contributed by atoms with E-state index in [2.05, 4.69) is 13.8 Å². The number of aliphatic carboxylic acids is 1. The molecule has 17 heavy (non-hydrogen) atoms. The van der Waals surface area contributed by atoms with E-state index in [-0.39, 0.29) is 5.92 Å². The summed E-state index contributed by atoms with van der Waals surface area (Å²) in [6.45, 7) is 6.26. The van der Waals surface area contributed by atoms with Crippen LogP contribution in [0.15, 0.2) is 24.3 Å². The summed E-state index contributed by atoms with van der Waals surface area (Å²) >= 11 is 0. The van der Waals surface area contributed by atoms with Crippen molar-refractivity contribution in [2.24, 2.45) is 5.92 Å². The van der Waals surface area contributed by atoms with E-state index in [0.717, 1.165) is 30.4 Å². The molecule has 0 radical (unpaired) electrons. The molecule has 2 unspecified atom stereocenters. The fourth-order valence-electron chi connectivity index (χ4n) is 2.35. The third-order valence-corrected chi connectivity index (χ3v) is 3.28. The van der Waals surface area contributed by atoms with Crippen molar-refractivity contribution < 1.29 is 9.90 Å². The molecule has 94 valence electrons. The van der Waals surface area contributed by atoms with Gasteiger partial charge >= 0.3 is 5.97 Å². The molecule has 2 heteroatoms. The van der Waals surface area contributed by atoms with Crippen molar-refractivity contribution in [2.45, 2.75) is 46.0 Å². The molecule has 0 fully saturated rings. The van der Waals surface area contributed by atoms with Gasteiger partial charge < -0.3 is 5.11 Å². The Morgan fingerprint density at radius 3 is 2.53 bits per heavy atom. The van der Waals surface area contributed by atoms with Crippen LogP contribution in [-0.4, -0.2) is 11.1 Å². The molecular weight excluding hydrogens is 212 g/mol. The monoisotopic (exact) mass is 234 g/mol. The maximum Gasteiger partial charge on any atom is 0.310 e. The first kappa shape index (κ1) is 13.8. The van der Waals surface area contributed by atoms with Gasteiger partial charge in [0.05, 0.1) is 5.92 Å². The van der Waals surface area contributed by atoms with Crippen molar-refractivity contribution in [1.82, 2.24) is 0 Å². The Morgan fingerprint density at radius 2 is 2.00 bits per heavy atom. The van der Waals surface area contributed by atoms with Gasteiger partial charge in [0.15, 0.2) is 0 Å².